The second-order valence-electron chi connectivity index (χ2n) is 10.3. The third-order valence-corrected chi connectivity index (χ3v) is 6.65. The minimum absolute atomic E-state index is 0.0728. The molecule has 2 aromatic rings. The number of pyridine rings is 1. The fraction of sp³-hybridized carbons (Fsp3) is 0.519. The Balaban J connectivity index is 1.28. The highest BCUT2D eigenvalue weighted by Crippen LogP contribution is 2.25. The van der Waals surface area contributed by atoms with Gasteiger partial charge >= 0.3 is 0 Å². The Morgan fingerprint density at radius 2 is 1.97 bits per heavy atom. The van der Waals surface area contributed by atoms with Crippen molar-refractivity contribution in [2.75, 3.05) is 32.8 Å². The van der Waals surface area contributed by atoms with Crippen LogP contribution in [0.15, 0.2) is 36.5 Å². The van der Waals surface area contributed by atoms with Gasteiger partial charge in [0, 0.05) is 17.7 Å². The van der Waals surface area contributed by atoms with Crippen LogP contribution in [-0.4, -0.2) is 66.2 Å². The Bertz CT molecular complexity index is 1060. The molecule has 0 spiro atoms. The van der Waals surface area contributed by atoms with Gasteiger partial charge in [0.1, 0.15) is 17.2 Å². The van der Waals surface area contributed by atoms with E-state index in [0.29, 0.717) is 36.9 Å². The summed E-state index contributed by atoms with van der Waals surface area (Å²) in [5, 5.41) is 5.35. The molecule has 2 aliphatic rings. The number of imide groups is 1. The zero-order chi connectivity index (χ0) is 25.7. The highest BCUT2D eigenvalue weighted by molar-refractivity contribution is 6.06. The Morgan fingerprint density at radius 1 is 1.19 bits per heavy atom. The van der Waals surface area contributed by atoms with Gasteiger partial charge in [0.25, 0.3) is 5.91 Å². The molecule has 9 heteroatoms. The van der Waals surface area contributed by atoms with Crippen LogP contribution in [0.25, 0.3) is 11.3 Å². The van der Waals surface area contributed by atoms with E-state index in [1.54, 1.807) is 32.2 Å². The monoisotopic (exact) mass is 500 g/mol. The van der Waals surface area contributed by atoms with Crippen LogP contribution in [0.5, 0.6) is 5.75 Å². The first-order valence-corrected chi connectivity index (χ1v) is 12.6. The summed E-state index contributed by atoms with van der Waals surface area (Å²) in [4.78, 5) is 31.0. The smallest absolute Gasteiger partial charge is 0.257 e. The first-order chi connectivity index (χ1) is 17.2. The number of hydrogen-bond donors (Lipinski definition) is 2. The van der Waals surface area contributed by atoms with E-state index in [4.69, 9.17) is 4.74 Å². The molecular formula is C27H34F2N4O3. The van der Waals surface area contributed by atoms with E-state index in [-0.39, 0.29) is 17.2 Å². The fourth-order valence-corrected chi connectivity index (χ4v) is 4.73. The quantitative estimate of drug-likeness (QED) is 0.538. The fourth-order valence-electron chi connectivity index (χ4n) is 4.73. The predicted octanol–water partition coefficient (Wildman–Crippen LogP) is 3.74. The van der Waals surface area contributed by atoms with Crippen LogP contribution in [-0.2, 0) is 4.79 Å². The van der Waals surface area contributed by atoms with Crippen LogP contribution in [0, 0.1) is 11.7 Å². The number of piperidine rings is 1. The third-order valence-electron chi connectivity index (χ3n) is 6.65. The van der Waals surface area contributed by atoms with E-state index in [1.165, 1.54) is 12.1 Å². The lowest BCUT2D eigenvalue weighted by atomic mass is 9.97. The minimum atomic E-state index is -1.19. The lowest BCUT2D eigenvalue weighted by Crippen LogP contribution is -2.43. The van der Waals surface area contributed by atoms with Crippen molar-refractivity contribution >= 4 is 11.8 Å². The molecule has 0 unspecified atom stereocenters. The van der Waals surface area contributed by atoms with Crippen LogP contribution < -0.4 is 15.4 Å². The van der Waals surface area contributed by atoms with Gasteiger partial charge in [0.2, 0.25) is 5.91 Å². The Kier molecular flexibility index (Phi) is 8.31. The maximum absolute atomic E-state index is 14.8. The molecule has 1 atom stereocenters. The molecule has 2 amide bonds. The van der Waals surface area contributed by atoms with Crippen LogP contribution in [0.2, 0.25) is 0 Å². The SMILES string of the molecule is CC(C)(F)CN1CCC(COc2ccc(-c3ccc(C(=O)NC(=O)[C@@H]4CCCN4)cc3F)nc2)CC1. The maximum atomic E-state index is 14.8. The summed E-state index contributed by atoms with van der Waals surface area (Å²) < 4.78 is 34.5. The number of nitrogens with zero attached hydrogens (tertiary/aromatic N) is 2. The molecule has 4 rings (SSSR count). The normalized spacial score (nSPS) is 19.3. The van der Waals surface area contributed by atoms with Crippen LogP contribution in [0.4, 0.5) is 8.78 Å². The number of ether oxygens (including phenoxy) is 1. The van der Waals surface area contributed by atoms with E-state index in [1.807, 2.05) is 0 Å². The van der Waals surface area contributed by atoms with Crippen molar-refractivity contribution in [2.45, 2.75) is 51.2 Å². The number of likely N-dealkylation sites (tertiary alicyclic amines) is 1. The first-order valence-electron chi connectivity index (χ1n) is 12.6. The zero-order valence-corrected chi connectivity index (χ0v) is 20.9. The summed E-state index contributed by atoms with van der Waals surface area (Å²) in [6.45, 7) is 6.67. The van der Waals surface area contributed by atoms with Crippen molar-refractivity contribution in [1.29, 1.82) is 0 Å². The Hall–Kier alpha value is -2.91. The van der Waals surface area contributed by atoms with E-state index in [9.17, 15) is 18.4 Å². The van der Waals surface area contributed by atoms with Gasteiger partial charge in [-0.15, -0.1) is 0 Å². The average molecular weight is 501 g/mol. The molecule has 2 N–H and O–H groups in total. The second kappa shape index (κ2) is 11.4. The van der Waals surface area contributed by atoms with E-state index in [0.717, 1.165) is 45.0 Å². The number of hydrogen-bond acceptors (Lipinski definition) is 6. The van der Waals surface area contributed by atoms with Crippen molar-refractivity contribution in [3.05, 3.63) is 47.9 Å². The molecule has 0 bridgehead atoms. The highest BCUT2D eigenvalue weighted by atomic mass is 19.1. The van der Waals surface area contributed by atoms with Gasteiger partial charge in [-0.25, -0.2) is 8.78 Å². The number of amides is 2. The zero-order valence-electron chi connectivity index (χ0n) is 20.9. The lowest BCUT2D eigenvalue weighted by Gasteiger charge is -2.34. The third kappa shape index (κ3) is 7.07. The first kappa shape index (κ1) is 26.2. The van der Waals surface area contributed by atoms with Crippen LogP contribution in [0.3, 0.4) is 0 Å². The predicted molar refractivity (Wildman–Crippen MR) is 133 cm³/mol. The van der Waals surface area contributed by atoms with Crippen molar-refractivity contribution < 1.29 is 23.1 Å². The number of benzene rings is 1. The van der Waals surface area contributed by atoms with Crippen LogP contribution >= 0.6 is 0 Å². The molecule has 3 heterocycles. The highest BCUT2D eigenvalue weighted by Gasteiger charge is 2.26. The molecule has 2 saturated heterocycles. The van der Waals surface area contributed by atoms with Gasteiger partial charge in [0.15, 0.2) is 0 Å². The van der Waals surface area contributed by atoms with E-state index in [2.05, 4.69) is 20.5 Å². The summed E-state index contributed by atoms with van der Waals surface area (Å²) in [6, 6.07) is 7.11. The number of aromatic nitrogens is 1. The lowest BCUT2D eigenvalue weighted by molar-refractivity contribution is -0.121. The molecule has 1 aromatic carbocycles. The summed E-state index contributed by atoms with van der Waals surface area (Å²) >= 11 is 0. The number of halogens is 2. The van der Waals surface area contributed by atoms with E-state index < -0.39 is 23.3 Å². The average Bonchev–Trinajstić information content (AvgIpc) is 3.38. The summed E-state index contributed by atoms with van der Waals surface area (Å²) in [6.07, 6.45) is 5.02. The number of alkyl halides is 1. The number of nitrogens with one attached hydrogen (secondary N) is 2. The van der Waals surface area contributed by atoms with Gasteiger partial charge in [-0.1, -0.05) is 0 Å². The van der Waals surface area contributed by atoms with Crippen molar-refractivity contribution in [2.24, 2.45) is 5.92 Å². The topological polar surface area (TPSA) is 83.6 Å². The molecule has 194 valence electrons. The molecule has 36 heavy (non-hydrogen) atoms. The second-order valence-corrected chi connectivity index (χ2v) is 10.3. The maximum Gasteiger partial charge on any atom is 0.257 e. The molecule has 0 saturated carbocycles. The summed E-state index contributed by atoms with van der Waals surface area (Å²) in [5.41, 5.74) is -0.441. The van der Waals surface area contributed by atoms with Gasteiger partial charge < -0.3 is 15.0 Å². The largest absolute Gasteiger partial charge is 0.492 e. The Labute approximate surface area is 210 Å². The van der Waals surface area contributed by atoms with E-state index >= 15 is 0 Å². The molecule has 1 aromatic heterocycles. The molecule has 0 radical (unpaired) electrons. The van der Waals surface area contributed by atoms with Crippen LogP contribution in [0.1, 0.15) is 49.9 Å². The van der Waals surface area contributed by atoms with Gasteiger partial charge in [-0.05, 0) is 95.4 Å². The molecule has 2 fully saturated rings. The molecule has 2 aliphatic heterocycles. The van der Waals surface area contributed by atoms with Crippen molar-refractivity contribution in [3.63, 3.8) is 0 Å². The van der Waals surface area contributed by atoms with Gasteiger partial charge in [-0.3, -0.25) is 19.9 Å². The number of rotatable bonds is 8. The van der Waals surface area contributed by atoms with Gasteiger partial charge in [0.05, 0.1) is 24.5 Å². The number of carbonyl (C=O) groups excluding carboxylic acids is 2. The minimum Gasteiger partial charge on any atom is -0.492 e. The van der Waals surface area contributed by atoms with Crippen molar-refractivity contribution in [3.8, 4) is 17.0 Å². The standard InChI is InChI=1S/C27H34F2N4O3/c1-27(2,29)17-33-12-9-18(10-13-33)16-36-20-6-8-23(31-15-20)21-7-5-19(14-22(21)28)25(34)32-26(35)24-4-3-11-30-24/h5-8,14-15,18,24,30H,3-4,9-13,16-17H2,1-2H3,(H,32,34,35)/t24-/m0/s1. The molecule has 0 aliphatic carbocycles. The molecular weight excluding hydrogens is 466 g/mol. The van der Waals surface area contributed by atoms with Crippen molar-refractivity contribution in [1.82, 2.24) is 20.5 Å². The number of carbonyl (C=O) groups is 2. The van der Waals surface area contributed by atoms with Gasteiger partial charge in [-0.2, -0.15) is 0 Å². The Morgan fingerprint density at radius 3 is 2.58 bits per heavy atom. The summed E-state index contributed by atoms with van der Waals surface area (Å²) in [7, 11) is 0. The summed E-state index contributed by atoms with van der Waals surface area (Å²) in [5.74, 6) is -0.625. The molecule has 7 nitrogen and oxygen atoms in total.